The molecule has 1 fully saturated rings. The summed E-state index contributed by atoms with van der Waals surface area (Å²) in [6.07, 6.45) is 11.7. The van der Waals surface area contributed by atoms with Crippen LogP contribution in [0.4, 0.5) is 5.69 Å². The third-order valence-corrected chi connectivity index (χ3v) is 5.76. The third kappa shape index (κ3) is 5.53. The molecule has 0 atom stereocenters. The van der Waals surface area contributed by atoms with E-state index in [2.05, 4.69) is 10.2 Å². The number of anilines is 1. The van der Waals surface area contributed by atoms with Crippen LogP contribution in [0, 0.1) is 0 Å². The second kappa shape index (κ2) is 9.82. The highest BCUT2D eigenvalue weighted by Crippen LogP contribution is 2.35. The van der Waals surface area contributed by atoms with E-state index in [9.17, 15) is 4.79 Å². The lowest BCUT2D eigenvalue weighted by atomic mass is 9.92. The Balaban J connectivity index is 0.000000353. The molecule has 3 aliphatic rings. The van der Waals surface area contributed by atoms with Gasteiger partial charge >= 0.3 is 11.9 Å². The number of nitrogens with one attached hydrogen (secondary N) is 1. The lowest BCUT2D eigenvalue weighted by molar-refractivity contribution is -0.159. The summed E-state index contributed by atoms with van der Waals surface area (Å²) in [4.78, 5) is 38.0. The maximum Gasteiger partial charge on any atom is 0.414 e. The number of carbonyl (C=O) groups excluding carboxylic acids is 1. The van der Waals surface area contributed by atoms with Crippen molar-refractivity contribution < 1.29 is 24.6 Å². The summed E-state index contributed by atoms with van der Waals surface area (Å²) < 4.78 is 0. The van der Waals surface area contributed by atoms with Crippen LogP contribution in [0.5, 0.6) is 0 Å². The van der Waals surface area contributed by atoms with Gasteiger partial charge in [-0.1, -0.05) is 6.42 Å². The Bertz CT molecular complexity index is 775. The van der Waals surface area contributed by atoms with Gasteiger partial charge in [0.25, 0.3) is 0 Å². The van der Waals surface area contributed by atoms with Crippen molar-refractivity contribution in [1.29, 1.82) is 0 Å². The molecule has 0 bridgehead atoms. The van der Waals surface area contributed by atoms with Crippen LogP contribution in [0.15, 0.2) is 0 Å². The van der Waals surface area contributed by atoms with Crippen molar-refractivity contribution in [2.24, 2.45) is 0 Å². The highest BCUT2D eigenvalue weighted by Gasteiger charge is 2.26. The standard InChI is InChI=1S/C19H27N3O.C2H2O4/c23-18(13-22-11-4-1-5-12-22)21-19-14-7-2-3-9-16(14)20-17-10-6-8-15(17)19;3-1(4)2(5)6/h1-13H2,(H,20,21,23);(H,3,4)(H,5,6). The first-order valence-electron chi connectivity index (χ1n) is 10.5. The number of hydrogen-bond acceptors (Lipinski definition) is 5. The average Bonchev–Trinajstić information content (AvgIpc) is 3.17. The molecule has 29 heavy (non-hydrogen) atoms. The average molecular weight is 403 g/mol. The Kier molecular flexibility index (Phi) is 7.19. The largest absolute Gasteiger partial charge is 0.473 e. The van der Waals surface area contributed by atoms with Crippen LogP contribution in [0.1, 0.15) is 61.0 Å². The number of carboxylic acid groups (broad SMARTS) is 2. The summed E-state index contributed by atoms with van der Waals surface area (Å²) in [7, 11) is 0. The minimum absolute atomic E-state index is 0.167. The number of amides is 1. The Morgan fingerprint density at radius 2 is 1.34 bits per heavy atom. The molecular formula is C21H29N3O5. The summed E-state index contributed by atoms with van der Waals surface area (Å²) in [5.74, 6) is -3.48. The number of carboxylic acids is 2. The van der Waals surface area contributed by atoms with Crippen molar-refractivity contribution in [1.82, 2.24) is 9.88 Å². The molecule has 0 saturated carbocycles. The lowest BCUT2D eigenvalue weighted by Gasteiger charge is -2.27. The summed E-state index contributed by atoms with van der Waals surface area (Å²) in [5.41, 5.74) is 6.31. The smallest absolute Gasteiger partial charge is 0.414 e. The molecule has 0 aromatic carbocycles. The van der Waals surface area contributed by atoms with E-state index in [-0.39, 0.29) is 5.91 Å². The fraction of sp³-hybridized carbons (Fsp3) is 0.619. The Morgan fingerprint density at radius 3 is 1.97 bits per heavy atom. The number of aromatic nitrogens is 1. The van der Waals surface area contributed by atoms with E-state index in [1.807, 2.05) is 0 Å². The number of likely N-dealkylation sites (tertiary alicyclic amines) is 1. The van der Waals surface area contributed by atoms with Crippen LogP contribution < -0.4 is 5.32 Å². The van der Waals surface area contributed by atoms with Gasteiger partial charge < -0.3 is 15.5 Å². The van der Waals surface area contributed by atoms with Gasteiger partial charge in [-0.05, 0) is 82.0 Å². The van der Waals surface area contributed by atoms with Gasteiger partial charge in [-0.25, -0.2) is 9.59 Å². The Hall–Kier alpha value is -2.48. The fourth-order valence-corrected chi connectivity index (χ4v) is 4.40. The molecule has 158 valence electrons. The zero-order valence-electron chi connectivity index (χ0n) is 16.7. The SMILES string of the molecule is O=C(CN1CCCCC1)Nc1c2c(nc3c1CCC3)CCCC2.O=C(O)C(=O)O. The van der Waals surface area contributed by atoms with Gasteiger partial charge in [-0.15, -0.1) is 0 Å². The topological polar surface area (TPSA) is 120 Å². The summed E-state index contributed by atoms with van der Waals surface area (Å²) >= 11 is 0. The molecule has 0 radical (unpaired) electrons. The third-order valence-electron chi connectivity index (χ3n) is 5.76. The van der Waals surface area contributed by atoms with Crippen molar-refractivity contribution in [3.05, 3.63) is 22.5 Å². The van der Waals surface area contributed by atoms with Crippen molar-refractivity contribution in [2.45, 2.75) is 64.2 Å². The van der Waals surface area contributed by atoms with Crippen LogP contribution in [-0.4, -0.2) is 57.6 Å². The molecule has 0 unspecified atom stereocenters. The molecule has 8 nitrogen and oxygen atoms in total. The number of aliphatic carboxylic acids is 2. The molecule has 1 aromatic heterocycles. The molecule has 1 aliphatic heterocycles. The van der Waals surface area contributed by atoms with E-state index < -0.39 is 11.9 Å². The minimum atomic E-state index is -1.82. The first kappa shape index (κ1) is 21.2. The maximum atomic E-state index is 12.6. The van der Waals surface area contributed by atoms with Gasteiger partial charge in [0.2, 0.25) is 5.91 Å². The first-order chi connectivity index (χ1) is 14.0. The molecule has 1 saturated heterocycles. The molecule has 0 spiro atoms. The number of nitrogens with zero attached hydrogens (tertiary/aromatic N) is 2. The zero-order valence-corrected chi connectivity index (χ0v) is 16.7. The Labute approximate surface area is 170 Å². The molecule has 2 heterocycles. The lowest BCUT2D eigenvalue weighted by Crippen LogP contribution is -2.37. The van der Waals surface area contributed by atoms with Crippen LogP contribution in [-0.2, 0) is 40.1 Å². The van der Waals surface area contributed by atoms with Crippen LogP contribution in [0.2, 0.25) is 0 Å². The summed E-state index contributed by atoms with van der Waals surface area (Å²) in [6.45, 7) is 2.69. The number of hydrogen-bond donors (Lipinski definition) is 3. The van der Waals surface area contributed by atoms with Crippen LogP contribution in [0.3, 0.4) is 0 Å². The van der Waals surface area contributed by atoms with Gasteiger partial charge in [-0.2, -0.15) is 0 Å². The number of pyridine rings is 1. The molecule has 4 rings (SSSR count). The van der Waals surface area contributed by atoms with Gasteiger partial charge in [0, 0.05) is 11.4 Å². The van der Waals surface area contributed by atoms with E-state index >= 15 is 0 Å². The van der Waals surface area contributed by atoms with Gasteiger partial charge in [-0.3, -0.25) is 14.7 Å². The second-order valence-corrected chi connectivity index (χ2v) is 7.89. The van der Waals surface area contributed by atoms with E-state index in [1.165, 1.54) is 61.0 Å². The summed E-state index contributed by atoms with van der Waals surface area (Å²) in [6, 6.07) is 0. The predicted octanol–water partition coefficient (Wildman–Crippen LogP) is 2.03. The van der Waals surface area contributed by atoms with E-state index in [4.69, 9.17) is 24.8 Å². The van der Waals surface area contributed by atoms with E-state index in [0.29, 0.717) is 6.54 Å². The monoisotopic (exact) mass is 403 g/mol. The number of aryl methyl sites for hydroxylation is 2. The van der Waals surface area contributed by atoms with Crippen LogP contribution in [0.25, 0.3) is 0 Å². The predicted molar refractivity (Wildman–Crippen MR) is 107 cm³/mol. The fourth-order valence-electron chi connectivity index (χ4n) is 4.40. The van der Waals surface area contributed by atoms with E-state index in [0.717, 1.165) is 44.5 Å². The van der Waals surface area contributed by atoms with Crippen molar-refractivity contribution >= 4 is 23.5 Å². The van der Waals surface area contributed by atoms with Gasteiger partial charge in [0.05, 0.1) is 12.2 Å². The molecule has 1 amide bonds. The highest BCUT2D eigenvalue weighted by molar-refractivity contribution is 6.27. The maximum absolute atomic E-state index is 12.6. The molecular weight excluding hydrogens is 374 g/mol. The molecule has 3 N–H and O–H groups in total. The zero-order chi connectivity index (χ0) is 20.8. The van der Waals surface area contributed by atoms with E-state index in [1.54, 1.807) is 0 Å². The molecule has 2 aliphatic carbocycles. The highest BCUT2D eigenvalue weighted by atomic mass is 16.4. The normalized spacial score (nSPS) is 18.1. The molecule has 1 aromatic rings. The number of piperidine rings is 1. The quantitative estimate of drug-likeness (QED) is 0.661. The van der Waals surface area contributed by atoms with Gasteiger partial charge in [0.15, 0.2) is 0 Å². The first-order valence-corrected chi connectivity index (χ1v) is 10.5. The van der Waals surface area contributed by atoms with Gasteiger partial charge in [0.1, 0.15) is 0 Å². The number of fused-ring (bicyclic) bond motifs is 2. The minimum Gasteiger partial charge on any atom is -0.473 e. The van der Waals surface area contributed by atoms with Crippen molar-refractivity contribution in [3.63, 3.8) is 0 Å². The van der Waals surface area contributed by atoms with Crippen molar-refractivity contribution in [3.8, 4) is 0 Å². The Morgan fingerprint density at radius 1 is 0.793 bits per heavy atom. The van der Waals surface area contributed by atoms with Crippen molar-refractivity contribution in [2.75, 3.05) is 25.0 Å². The number of carbonyl (C=O) groups is 3. The second-order valence-electron chi connectivity index (χ2n) is 7.89. The molecule has 8 heteroatoms. The summed E-state index contributed by atoms with van der Waals surface area (Å²) in [5, 5.41) is 18.1. The van der Waals surface area contributed by atoms with Crippen LogP contribution >= 0.6 is 0 Å². The number of rotatable bonds is 3.